The summed E-state index contributed by atoms with van der Waals surface area (Å²) in [7, 11) is 0. The Labute approximate surface area is 230 Å². The van der Waals surface area contributed by atoms with Crippen molar-refractivity contribution in [2.75, 3.05) is 0 Å². The fourth-order valence-electron chi connectivity index (χ4n) is 5.54. The third kappa shape index (κ3) is 3.55. The summed E-state index contributed by atoms with van der Waals surface area (Å²) in [6, 6.07) is 32.7. The van der Waals surface area contributed by atoms with Gasteiger partial charge in [-0.05, 0) is 12.5 Å². The first-order valence-electron chi connectivity index (χ1n) is 13.3. The van der Waals surface area contributed by atoms with Crippen LogP contribution >= 0.6 is 0 Å². The van der Waals surface area contributed by atoms with Crippen LogP contribution < -0.4 is 5.32 Å². The van der Waals surface area contributed by atoms with Gasteiger partial charge in [-0.1, -0.05) is 97.1 Å². The predicted molar refractivity (Wildman–Crippen MR) is 162 cm³/mol. The molecule has 0 unspecified atom stereocenters. The molecular formula is C33H23N7. The fourth-order valence-corrected chi connectivity index (χ4v) is 5.54. The maximum atomic E-state index is 5.03. The van der Waals surface area contributed by atoms with Gasteiger partial charge in [0.05, 0.1) is 0 Å². The Hall–Kier alpha value is -5.43. The molecular weight excluding hydrogens is 494 g/mol. The van der Waals surface area contributed by atoms with Crippen LogP contribution in [0.4, 0.5) is 11.6 Å². The average molecular weight is 518 g/mol. The highest BCUT2D eigenvalue weighted by Crippen LogP contribution is 2.36. The molecule has 0 saturated carbocycles. The van der Waals surface area contributed by atoms with E-state index in [0.29, 0.717) is 23.3 Å². The Morgan fingerprint density at radius 2 is 1.12 bits per heavy atom. The molecule has 3 aliphatic rings. The summed E-state index contributed by atoms with van der Waals surface area (Å²) in [6.45, 7) is 2.78. The number of rotatable bonds is 2. The Morgan fingerprint density at radius 3 is 1.85 bits per heavy atom. The number of hydrogen-bond donors (Lipinski definition) is 2. The lowest BCUT2D eigenvalue weighted by atomic mass is 10.1. The molecule has 0 atom stereocenters. The van der Waals surface area contributed by atoms with E-state index in [9.17, 15) is 0 Å². The van der Waals surface area contributed by atoms with Gasteiger partial charge in [-0.15, -0.1) is 0 Å². The van der Waals surface area contributed by atoms with Gasteiger partial charge in [0.15, 0.2) is 17.5 Å². The number of aromatic amines is 1. The molecule has 0 fully saturated rings. The minimum absolute atomic E-state index is 0.618. The van der Waals surface area contributed by atoms with Crippen LogP contribution in [0.15, 0.2) is 122 Å². The molecule has 7 nitrogen and oxygen atoms in total. The summed E-state index contributed by atoms with van der Waals surface area (Å²) in [5.74, 6) is 4.23. The van der Waals surface area contributed by atoms with Crippen LogP contribution in [0.2, 0.25) is 0 Å². The van der Waals surface area contributed by atoms with Gasteiger partial charge in [0.25, 0.3) is 0 Å². The van der Waals surface area contributed by atoms with Crippen molar-refractivity contribution in [3.8, 4) is 0 Å². The van der Waals surface area contributed by atoms with E-state index in [4.69, 9.17) is 25.0 Å². The third-order valence-electron chi connectivity index (χ3n) is 7.50. The maximum absolute atomic E-state index is 5.03. The Balaban J connectivity index is 1.25. The zero-order valence-corrected chi connectivity index (χ0v) is 21.7. The number of nitrogens with zero attached hydrogens (tertiary/aromatic N) is 5. The quantitative estimate of drug-likeness (QED) is 0.277. The SMILES string of the molecule is CC1=NC(=Nc2[nH]c(N=C3N=C(N=C4NCc5ccccc54)c4ccccc43)c3ccccc23)c2ccccc21. The molecule has 0 radical (unpaired) electrons. The summed E-state index contributed by atoms with van der Waals surface area (Å²) in [4.78, 5) is 28.0. The first-order valence-corrected chi connectivity index (χ1v) is 13.3. The monoisotopic (exact) mass is 517 g/mol. The van der Waals surface area contributed by atoms with Gasteiger partial charge in [-0.3, -0.25) is 0 Å². The first kappa shape index (κ1) is 22.5. The van der Waals surface area contributed by atoms with Crippen molar-refractivity contribution in [1.82, 2.24) is 10.3 Å². The Morgan fingerprint density at radius 1 is 0.575 bits per heavy atom. The zero-order valence-electron chi connectivity index (χ0n) is 21.7. The lowest BCUT2D eigenvalue weighted by Crippen LogP contribution is -2.16. The first-order chi connectivity index (χ1) is 19.7. The Kier molecular flexibility index (Phi) is 4.97. The summed E-state index contributed by atoms with van der Waals surface area (Å²) >= 11 is 0. The third-order valence-corrected chi connectivity index (χ3v) is 7.50. The summed E-state index contributed by atoms with van der Waals surface area (Å²) in [5.41, 5.74) is 7.37. The molecule has 0 aliphatic carbocycles. The van der Waals surface area contributed by atoms with E-state index in [2.05, 4.69) is 52.8 Å². The number of aliphatic imine (C=N–C) groups is 5. The molecule has 1 aromatic heterocycles. The number of amidine groups is 4. The van der Waals surface area contributed by atoms with Crippen LogP contribution in [0.3, 0.4) is 0 Å². The zero-order chi connectivity index (χ0) is 26.6. The van der Waals surface area contributed by atoms with Crippen LogP contribution in [-0.2, 0) is 6.54 Å². The summed E-state index contributed by atoms with van der Waals surface area (Å²) in [5, 5.41) is 5.37. The van der Waals surface area contributed by atoms with Gasteiger partial charge >= 0.3 is 0 Å². The number of hydrogen-bond acceptors (Lipinski definition) is 3. The van der Waals surface area contributed by atoms with Crippen molar-refractivity contribution in [3.05, 3.63) is 130 Å². The van der Waals surface area contributed by atoms with E-state index in [-0.39, 0.29) is 0 Å². The molecule has 4 heterocycles. The van der Waals surface area contributed by atoms with Crippen LogP contribution in [0, 0.1) is 0 Å². The molecule has 4 aromatic carbocycles. The van der Waals surface area contributed by atoms with Gasteiger partial charge in [0, 0.05) is 50.8 Å². The molecule has 7 heteroatoms. The largest absolute Gasteiger partial charge is 0.365 e. The van der Waals surface area contributed by atoms with Crippen LogP contribution in [0.1, 0.15) is 40.3 Å². The smallest absolute Gasteiger partial charge is 0.164 e. The highest BCUT2D eigenvalue weighted by Gasteiger charge is 2.25. The van der Waals surface area contributed by atoms with Crippen molar-refractivity contribution >= 4 is 51.5 Å². The lowest BCUT2D eigenvalue weighted by Gasteiger charge is -2.01. The second kappa shape index (κ2) is 8.81. The van der Waals surface area contributed by atoms with Gasteiger partial charge in [-0.25, -0.2) is 25.0 Å². The second-order valence-corrected chi connectivity index (χ2v) is 9.93. The number of aromatic nitrogens is 1. The lowest BCUT2D eigenvalue weighted by molar-refractivity contribution is 0.963. The van der Waals surface area contributed by atoms with E-state index in [1.165, 1.54) is 5.56 Å². The normalized spacial score (nSPS) is 18.2. The molecule has 8 rings (SSSR count). The average Bonchev–Trinajstić information content (AvgIpc) is 3.74. The minimum Gasteiger partial charge on any atom is -0.365 e. The van der Waals surface area contributed by atoms with Crippen LogP contribution in [-0.4, -0.2) is 34.0 Å². The van der Waals surface area contributed by atoms with E-state index in [0.717, 1.165) is 62.5 Å². The van der Waals surface area contributed by atoms with Gasteiger partial charge < -0.3 is 10.3 Å². The number of benzene rings is 4. The highest BCUT2D eigenvalue weighted by molar-refractivity contribution is 6.26. The molecule has 2 N–H and O–H groups in total. The maximum Gasteiger partial charge on any atom is 0.164 e. The van der Waals surface area contributed by atoms with E-state index in [1.54, 1.807) is 0 Å². The second-order valence-electron chi connectivity index (χ2n) is 9.93. The van der Waals surface area contributed by atoms with E-state index >= 15 is 0 Å². The standard InChI is InChI=1S/C33H23N7/c1-19-21-11-4-5-13-23(21)29(35-19)37-31-26-16-8-9-17-27(26)33(39-31)40-32-25-15-7-6-14-24(25)30(38-32)36-28-22-12-3-2-10-20(22)18-34-28/h2-17,39H,18H2,1H3,(H,34,36,38,40). The van der Waals surface area contributed by atoms with Gasteiger partial charge in [0.2, 0.25) is 0 Å². The summed E-state index contributed by atoms with van der Waals surface area (Å²) in [6.07, 6.45) is 0. The Bertz CT molecular complexity index is 2020. The van der Waals surface area contributed by atoms with Crippen molar-refractivity contribution in [3.63, 3.8) is 0 Å². The molecule has 0 saturated heterocycles. The van der Waals surface area contributed by atoms with Gasteiger partial charge in [-0.2, -0.15) is 0 Å². The van der Waals surface area contributed by atoms with Crippen molar-refractivity contribution in [2.24, 2.45) is 25.0 Å². The molecule has 0 amide bonds. The van der Waals surface area contributed by atoms with Gasteiger partial charge in [0.1, 0.15) is 17.5 Å². The van der Waals surface area contributed by atoms with Crippen molar-refractivity contribution < 1.29 is 0 Å². The van der Waals surface area contributed by atoms with Crippen LogP contribution in [0.25, 0.3) is 10.8 Å². The minimum atomic E-state index is 0.618. The number of H-pyrrole nitrogens is 1. The van der Waals surface area contributed by atoms with Crippen molar-refractivity contribution in [1.29, 1.82) is 0 Å². The van der Waals surface area contributed by atoms with Crippen molar-refractivity contribution in [2.45, 2.75) is 13.5 Å². The fraction of sp³-hybridized carbons (Fsp3) is 0.0606. The number of nitrogens with one attached hydrogen (secondary N) is 2. The molecule has 190 valence electrons. The number of fused-ring (bicyclic) bond motifs is 4. The molecule has 3 aliphatic heterocycles. The molecule has 0 spiro atoms. The summed E-state index contributed by atoms with van der Waals surface area (Å²) < 4.78 is 0. The molecule has 40 heavy (non-hydrogen) atoms. The van der Waals surface area contributed by atoms with Crippen LogP contribution in [0.5, 0.6) is 0 Å². The van der Waals surface area contributed by atoms with E-state index in [1.807, 2.05) is 61.5 Å². The topological polar surface area (TPSA) is 89.6 Å². The molecule has 5 aromatic rings. The molecule has 0 bridgehead atoms. The van der Waals surface area contributed by atoms with E-state index < -0.39 is 0 Å². The predicted octanol–water partition coefficient (Wildman–Crippen LogP) is 6.46. The highest BCUT2D eigenvalue weighted by atomic mass is 15.1.